The van der Waals surface area contributed by atoms with Gasteiger partial charge in [0.05, 0.1) is 5.56 Å². The minimum Gasteiger partial charge on any atom is -0.491 e. The monoisotopic (exact) mass is 422 g/mol. The Morgan fingerprint density at radius 2 is 1.82 bits per heavy atom. The van der Waals surface area contributed by atoms with Crippen LogP contribution < -0.4 is 15.4 Å². The Bertz CT molecular complexity index is 630. The van der Waals surface area contributed by atoms with Gasteiger partial charge in [0, 0.05) is 25.0 Å². The molecule has 2 bridgehead atoms. The minimum atomic E-state index is -4.39. The molecule has 2 aliphatic heterocycles. The molecule has 0 saturated carbocycles. The van der Waals surface area contributed by atoms with Crippen molar-refractivity contribution in [2.24, 2.45) is 5.92 Å². The van der Waals surface area contributed by atoms with E-state index in [1.807, 2.05) is 0 Å². The molecule has 3 unspecified atom stereocenters. The molecular formula is C19H26ClF3N2O3. The Kier molecular flexibility index (Phi) is 7.97. The first-order valence-electron chi connectivity index (χ1n) is 9.30. The van der Waals surface area contributed by atoms with Gasteiger partial charge in [-0.2, -0.15) is 13.2 Å². The first kappa shape index (κ1) is 22.8. The van der Waals surface area contributed by atoms with E-state index in [1.54, 1.807) is 0 Å². The number of alkyl halides is 3. The van der Waals surface area contributed by atoms with Crippen molar-refractivity contribution in [3.8, 4) is 5.75 Å². The molecule has 3 N–H and O–H groups in total. The molecule has 28 heavy (non-hydrogen) atoms. The molecule has 0 spiro atoms. The molecule has 2 fully saturated rings. The smallest absolute Gasteiger partial charge is 0.416 e. The van der Waals surface area contributed by atoms with Gasteiger partial charge < -0.3 is 20.5 Å². The average molecular weight is 423 g/mol. The van der Waals surface area contributed by atoms with E-state index >= 15 is 0 Å². The number of benzene rings is 1. The molecule has 3 rings (SSSR count). The topological polar surface area (TPSA) is 70.6 Å². The maximum atomic E-state index is 12.5. The zero-order valence-electron chi connectivity index (χ0n) is 15.4. The molecule has 2 heterocycles. The number of carbonyl (C=O) groups excluding carboxylic acids is 1. The van der Waals surface area contributed by atoms with Crippen molar-refractivity contribution in [1.29, 1.82) is 0 Å². The summed E-state index contributed by atoms with van der Waals surface area (Å²) in [5.74, 6) is 0.526. The van der Waals surface area contributed by atoms with Crippen LogP contribution in [0.15, 0.2) is 24.3 Å². The van der Waals surface area contributed by atoms with Crippen molar-refractivity contribution in [3.63, 3.8) is 0 Å². The summed E-state index contributed by atoms with van der Waals surface area (Å²) in [6.45, 7) is -0.0551. The van der Waals surface area contributed by atoms with E-state index in [4.69, 9.17) is 4.74 Å². The summed E-state index contributed by atoms with van der Waals surface area (Å²) in [4.78, 5) is 12.1. The van der Waals surface area contributed by atoms with Crippen molar-refractivity contribution in [1.82, 2.24) is 10.6 Å². The van der Waals surface area contributed by atoms with Crippen molar-refractivity contribution in [2.45, 2.75) is 56.5 Å². The SMILES string of the molecule is Cl.O=C(CC1CC2CCC(C1)N2)NCC(O)COc1ccc(C(F)(F)F)cc1. The van der Waals surface area contributed by atoms with Crippen LogP contribution in [-0.2, 0) is 11.0 Å². The molecule has 1 aromatic carbocycles. The van der Waals surface area contributed by atoms with Gasteiger partial charge in [-0.3, -0.25) is 4.79 Å². The van der Waals surface area contributed by atoms with E-state index in [2.05, 4.69) is 10.6 Å². The number of halogens is 4. The standard InChI is InChI=1S/C19H25F3N2O3.ClH/c20-19(21,22)13-1-5-17(6-2-13)27-11-16(25)10-23-18(26)9-12-7-14-3-4-15(8-12)24-14;/h1-2,5-6,12,14-16,24-25H,3-4,7-11H2,(H,23,26);1H. The van der Waals surface area contributed by atoms with E-state index in [9.17, 15) is 23.1 Å². The van der Waals surface area contributed by atoms with Gasteiger partial charge in [0.1, 0.15) is 18.5 Å². The third-order valence-corrected chi connectivity index (χ3v) is 5.20. The van der Waals surface area contributed by atoms with Crippen LogP contribution in [0.4, 0.5) is 13.2 Å². The predicted molar refractivity (Wildman–Crippen MR) is 100 cm³/mol. The summed E-state index contributed by atoms with van der Waals surface area (Å²) in [6, 6.07) is 5.33. The molecular weight excluding hydrogens is 397 g/mol. The van der Waals surface area contributed by atoms with Crippen molar-refractivity contribution < 1.29 is 27.8 Å². The van der Waals surface area contributed by atoms with Gasteiger partial charge in [-0.15, -0.1) is 12.4 Å². The number of ether oxygens (including phenoxy) is 1. The number of hydrogen-bond acceptors (Lipinski definition) is 4. The normalized spacial score (nSPS) is 24.9. The summed E-state index contributed by atoms with van der Waals surface area (Å²) in [7, 11) is 0. The van der Waals surface area contributed by atoms with Crippen LogP contribution in [-0.4, -0.2) is 42.4 Å². The van der Waals surface area contributed by atoms with E-state index in [1.165, 1.54) is 25.0 Å². The van der Waals surface area contributed by atoms with Crippen LogP contribution in [0, 0.1) is 5.92 Å². The predicted octanol–water partition coefficient (Wildman–Crippen LogP) is 2.90. The molecule has 0 aliphatic carbocycles. The summed E-state index contributed by atoms with van der Waals surface area (Å²) in [5, 5.41) is 16.2. The van der Waals surface area contributed by atoms with E-state index in [0.717, 1.165) is 25.0 Å². The fourth-order valence-corrected chi connectivity index (χ4v) is 3.90. The second-order valence-electron chi connectivity index (χ2n) is 7.47. The number of piperidine rings is 1. The molecule has 0 radical (unpaired) electrons. The number of carbonyl (C=O) groups is 1. The molecule has 1 aromatic rings. The van der Waals surface area contributed by atoms with Crippen LogP contribution in [0.5, 0.6) is 5.75 Å². The molecule has 5 nitrogen and oxygen atoms in total. The number of hydrogen-bond donors (Lipinski definition) is 3. The number of rotatable bonds is 7. The number of amides is 1. The fourth-order valence-electron chi connectivity index (χ4n) is 3.90. The van der Waals surface area contributed by atoms with Crippen molar-refractivity contribution in [2.75, 3.05) is 13.2 Å². The number of aliphatic hydroxyl groups excluding tert-OH is 1. The second-order valence-corrected chi connectivity index (χ2v) is 7.47. The Labute approximate surface area is 168 Å². The largest absolute Gasteiger partial charge is 0.491 e. The van der Waals surface area contributed by atoms with Crippen molar-refractivity contribution >= 4 is 18.3 Å². The summed E-state index contributed by atoms with van der Waals surface area (Å²) < 4.78 is 42.8. The van der Waals surface area contributed by atoms with Gasteiger partial charge in [0.15, 0.2) is 0 Å². The van der Waals surface area contributed by atoms with Gasteiger partial charge in [-0.1, -0.05) is 0 Å². The van der Waals surface area contributed by atoms with E-state index in [-0.39, 0.29) is 37.2 Å². The zero-order chi connectivity index (χ0) is 19.4. The number of aliphatic hydroxyl groups is 1. The number of nitrogens with one attached hydrogen (secondary N) is 2. The van der Waals surface area contributed by atoms with Gasteiger partial charge in [-0.05, 0) is 55.9 Å². The summed E-state index contributed by atoms with van der Waals surface area (Å²) in [5.41, 5.74) is -0.756. The van der Waals surface area contributed by atoms with Gasteiger partial charge in [-0.25, -0.2) is 0 Å². The highest BCUT2D eigenvalue weighted by Crippen LogP contribution is 2.32. The van der Waals surface area contributed by atoms with Gasteiger partial charge >= 0.3 is 6.18 Å². The maximum Gasteiger partial charge on any atom is 0.416 e. The second kappa shape index (κ2) is 9.80. The lowest BCUT2D eigenvalue weighted by atomic mass is 9.89. The molecule has 9 heteroatoms. The first-order chi connectivity index (χ1) is 12.8. The Hall–Kier alpha value is -1.51. The average Bonchev–Trinajstić information content (AvgIpc) is 2.96. The van der Waals surface area contributed by atoms with Crippen LogP contribution in [0.25, 0.3) is 0 Å². The van der Waals surface area contributed by atoms with Crippen LogP contribution in [0.3, 0.4) is 0 Å². The van der Waals surface area contributed by atoms with E-state index in [0.29, 0.717) is 24.4 Å². The van der Waals surface area contributed by atoms with Crippen LogP contribution in [0.2, 0.25) is 0 Å². The highest BCUT2D eigenvalue weighted by Gasteiger charge is 2.34. The summed E-state index contributed by atoms with van der Waals surface area (Å²) in [6.07, 6.45) is -0.462. The minimum absolute atomic E-state index is 0. The quantitative estimate of drug-likeness (QED) is 0.632. The molecule has 0 aromatic heterocycles. The van der Waals surface area contributed by atoms with Crippen LogP contribution in [0.1, 0.15) is 37.7 Å². The lowest BCUT2D eigenvalue weighted by molar-refractivity contribution is -0.137. The Morgan fingerprint density at radius 1 is 1.21 bits per heavy atom. The van der Waals surface area contributed by atoms with Gasteiger partial charge in [0.25, 0.3) is 0 Å². The lowest BCUT2D eigenvalue weighted by Gasteiger charge is -2.28. The molecule has 2 saturated heterocycles. The maximum absolute atomic E-state index is 12.5. The third-order valence-electron chi connectivity index (χ3n) is 5.20. The third kappa shape index (κ3) is 6.53. The number of fused-ring (bicyclic) bond motifs is 2. The fraction of sp³-hybridized carbons (Fsp3) is 0.632. The lowest BCUT2D eigenvalue weighted by Crippen LogP contribution is -2.41. The van der Waals surface area contributed by atoms with Crippen molar-refractivity contribution in [3.05, 3.63) is 29.8 Å². The summed E-state index contributed by atoms with van der Waals surface area (Å²) >= 11 is 0. The highest BCUT2D eigenvalue weighted by atomic mass is 35.5. The molecule has 1 amide bonds. The van der Waals surface area contributed by atoms with Crippen LogP contribution >= 0.6 is 12.4 Å². The zero-order valence-corrected chi connectivity index (χ0v) is 16.2. The van der Waals surface area contributed by atoms with Gasteiger partial charge in [0.2, 0.25) is 5.91 Å². The molecule has 3 atom stereocenters. The highest BCUT2D eigenvalue weighted by molar-refractivity contribution is 5.85. The Morgan fingerprint density at radius 3 is 2.39 bits per heavy atom. The Balaban J connectivity index is 0.00000280. The molecule has 158 valence electrons. The first-order valence-corrected chi connectivity index (χ1v) is 9.30. The van der Waals surface area contributed by atoms with E-state index < -0.39 is 17.8 Å². The molecule has 2 aliphatic rings.